The van der Waals surface area contributed by atoms with Crippen LogP contribution in [0.25, 0.3) is 0 Å². The van der Waals surface area contributed by atoms with Gasteiger partial charge >= 0.3 is 0 Å². The summed E-state index contributed by atoms with van der Waals surface area (Å²) in [7, 11) is 1.65. The number of methoxy groups -OCH3 is 1. The number of anilines is 2. The van der Waals surface area contributed by atoms with E-state index < -0.39 is 5.82 Å². The zero-order valence-corrected chi connectivity index (χ0v) is 16.6. The number of carbonyl (C=O) groups excluding carboxylic acids is 1. The summed E-state index contributed by atoms with van der Waals surface area (Å²) in [5, 5.41) is 8.90. The highest BCUT2D eigenvalue weighted by Crippen LogP contribution is 2.23. The largest absolute Gasteiger partial charge is 0.497 e. The van der Waals surface area contributed by atoms with Crippen LogP contribution in [-0.2, 0) is 4.79 Å². The summed E-state index contributed by atoms with van der Waals surface area (Å²) in [5.74, 6) is 0.167. The highest BCUT2D eigenvalue weighted by Gasteiger charge is 2.24. The van der Waals surface area contributed by atoms with Crippen molar-refractivity contribution in [1.29, 1.82) is 5.26 Å². The lowest BCUT2D eigenvalue weighted by Gasteiger charge is -2.36. The third-order valence-electron chi connectivity index (χ3n) is 5.04. The quantitative estimate of drug-likeness (QED) is 0.720. The van der Waals surface area contributed by atoms with E-state index in [0.717, 1.165) is 37.6 Å². The molecule has 1 aliphatic heterocycles. The predicted octanol–water partition coefficient (Wildman–Crippen LogP) is 2.90. The fraction of sp³-hybridized carbons (Fsp3) is 0.364. The highest BCUT2D eigenvalue weighted by molar-refractivity contribution is 5.95. The van der Waals surface area contributed by atoms with Crippen LogP contribution in [0.4, 0.5) is 15.8 Å². The minimum Gasteiger partial charge on any atom is -0.497 e. The van der Waals surface area contributed by atoms with Crippen LogP contribution in [-0.4, -0.2) is 57.2 Å². The molecule has 0 bridgehead atoms. The lowest BCUT2D eigenvalue weighted by atomic mass is 10.2. The summed E-state index contributed by atoms with van der Waals surface area (Å²) in [4.78, 5) is 18.6. The van der Waals surface area contributed by atoms with Crippen LogP contribution >= 0.6 is 0 Å². The molecule has 2 aromatic carbocycles. The summed E-state index contributed by atoms with van der Waals surface area (Å²) in [5.41, 5.74) is 1.32. The molecule has 1 fully saturated rings. The Balaban J connectivity index is 1.61. The summed E-state index contributed by atoms with van der Waals surface area (Å²) in [6, 6.07) is 16.1. The first-order chi connectivity index (χ1) is 14.1. The van der Waals surface area contributed by atoms with Crippen LogP contribution in [0.15, 0.2) is 48.5 Å². The normalized spacial score (nSPS) is 14.3. The number of piperazine rings is 1. The molecule has 0 aromatic heterocycles. The number of benzene rings is 2. The molecule has 152 valence electrons. The summed E-state index contributed by atoms with van der Waals surface area (Å²) in [6.07, 6.45) is 0.156. The first-order valence-electron chi connectivity index (χ1n) is 9.65. The van der Waals surface area contributed by atoms with Gasteiger partial charge in [0, 0.05) is 44.5 Å². The van der Waals surface area contributed by atoms with Crippen molar-refractivity contribution in [2.45, 2.75) is 6.42 Å². The molecule has 0 radical (unpaired) electrons. The second-order valence-electron chi connectivity index (χ2n) is 6.87. The van der Waals surface area contributed by atoms with E-state index in [1.165, 1.54) is 11.0 Å². The van der Waals surface area contributed by atoms with Gasteiger partial charge in [-0.2, -0.15) is 5.26 Å². The monoisotopic (exact) mass is 396 g/mol. The molecule has 0 unspecified atom stereocenters. The molecule has 6 nitrogen and oxygen atoms in total. The molecule has 1 aliphatic rings. The van der Waals surface area contributed by atoms with Gasteiger partial charge < -0.3 is 14.5 Å². The van der Waals surface area contributed by atoms with E-state index >= 15 is 0 Å². The fourth-order valence-electron chi connectivity index (χ4n) is 3.46. The zero-order valence-electron chi connectivity index (χ0n) is 16.6. The molecule has 1 amide bonds. The molecule has 2 aromatic rings. The van der Waals surface area contributed by atoms with Crippen molar-refractivity contribution in [2.24, 2.45) is 0 Å². The Morgan fingerprint density at radius 1 is 1.17 bits per heavy atom. The molecule has 3 rings (SSSR count). The van der Waals surface area contributed by atoms with E-state index in [9.17, 15) is 9.18 Å². The number of amides is 1. The number of halogens is 1. The Kier molecular flexibility index (Phi) is 7.04. The van der Waals surface area contributed by atoms with E-state index in [-0.39, 0.29) is 31.1 Å². The molecule has 0 N–H and O–H groups in total. The molecular weight excluding hydrogens is 371 g/mol. The average Bonchev–Trinajstić information content (AvgIpc) is 2.75. The smallest absolute Gasteiger partial charge is 0.241 e. The third kappa shape index (κ3) is 5.24. The summed E-state index contributed by atoms with van der Waals surface area (Å²) >= 11 is 0. The van der Waals surface area contributed by atoms with Gasteiger partial charge in [0.1, 0.15) is 11.6 Å². The Morgan fingerprint density at radius 3 is 2.62 bits per heavy atom. The number of rotatable bonds is 7. The van der Waals surface area contributed by atoms with Gasteiger partial charge in [0.2, 0.25) is 5.91 Å². The molecule has 0 aliphatic carbocycles. The van der Waals surface area contributed by atoms with Crippen LogP contribution in [0.1, 0.15) is 6.42 Å². The summed E-state index contributed by atoms with van der Waals surface area (Å²) in [6.45, 7) is 3.42. The Labute approximate surface area is 170 Å². The van der Waals surface area contributed by atoms with Gasteiger partial charge in [-0.1, -0.05) is 18.2 Å². The molecule has 7 heteroatoms. The molecule has 1 saturated heterocycles. The lowest BCUT2D eigenvalue weighted by molar-refractivity contribution is -0.119. The second kappa shape index (κ2) is 9.89. The zero-order chi connectivity index (χ0) is 20.6. The lowest BCUT2D eigenvalue weighted by Crippen LogP contribution is -2.50. The van der Waals surface area contributed by atoms with E-state index in [1.54, 1.807) is 25.3 Å². The maximum atomic E-state index is 14.2. The van der Waals surface area contributed by atoms with Crippen molar-refractivity contribution in [2.75, 3.05) is 56.2 Å². The first kappa shape index (κ1) is 20.6. The maximum Gasteiger partial charge on any atom is 0.241 e. The predicted molar refractivity (Wildman–Crippen MR) is 111 cm³/mol. The van der Waals surface area contributed by atoms with Crippen molar-refractivity contribution >= 4 is 17.3 Å². The van der Waals surface area contributed by atoms with E-state index in [0.29, 0.717) is 0 Å². The van der Waals surface area contributed by atoms with Gasteiger partial charge in [0.25, 0.3) is 0 Å². The topological polar surface area (TPSA) is 59.8 Å². The minimum absolute atomic E-state index is 0.156. The van der Waals surface area contributed by atoms with Crippen molar-refractivity contribution in [3.63, 3.8) is 0 Å². The number of carbonyl (C=O) groups is 1. The van der Waals surface area contributed by atoms with Gasteiger partial charge in [0.05, 0.1) is 31.8 Å². The number of hydrogen-bond acceptors (Lipinski definition) is 5. The fourth-order valence-corrected chi connectivity index (χ4v) is 3.46. The van der Waals surface area contributed by atoms with E-state index in [1.807, 2.05) is 30.3 Å². The molecule has 0 saturated carbocycles. The van der Waals surface area contributed by atoms with Gasteiger partial charge in [-0.3, -0.25) is 9.69 Å². The van der Waals surface area contributed by atoms with Crippen molar-refractivity contribution < 1.29 is 13.9 Å². The standard InChI is InChI=1S/C22H25FN4O2/c1-29-19-7-4-6-18(16-19)26-14-12-25(13-15-26)17-22(28)27(11-5-10-24)21-9-3-2-8-20(21)23/h2-4,6-9,16H,5,11-15,17H2,1H3. The number of hydrogen-bond donors (Lipinski definition) is 0. The maximum absolute atomic E-state index is 14.2. The third-order valence-corrected chi connectivity index (χ3v) is 5.04. The summed E-state index contributed by atoms with van der Waals surface area (Å²) < 4.78 is 19.5. The molecule has 29 heavy (non-hydrogen) atoms. The molecule has 1 heterocycles. The van der Waals surface area contributed by atoms with Crippen LogP contribution in [0.3, 0.4) is 0 Å². The number of ether oxygens (including phenoxy) is 1. The van der Waals surface area contributed by atoms with Crippen molar-refractivity contribution in [3.8, 4) is 11.8 Å². The average molecular weight is 396 g/mol. The van der Waals surface area contributed by atoms with Gasteiger partial charge in [-0.15, -0.1) is 0 Å². The minimum atomic E-state index is -0.457. The molecule has 0 spiro atoms. The SMILES string of the molecule is COc1cccc(N2CCN(CC(=O)N(CCC#N)c3ccccc3F)CC2)c1. The van der Waals surface area contributed by atoms with Gasteiger partial charge in [0.15, 0.2) is 0 Å². The second-order valence-corrected chi connectivity index (χ2v) is 6.87. The van der Waals surface area contributed by atoms with Gasteiger partial charge in [-0.05, 0) is 24.3 Å². The van der Waals surface area contributed by atoms with Crippen LogP contribution in [0.2, 0.25) is 0 Å². The Hall–Kier alpha value is -3.11. The van der Waals surface area contributed by atoms with Gasteiger partial charge in [-0.25, -0.2) is 4.39 Å². The van der Waals surface area contributed by atoms with Crippen molar-refractivity contribution in [1.82, 2.24) is 4.90 Å². The molecular formula is C22H25FN4O2. The number of para-hydroxylation sites is 1. The van der Waals surface area contributed by atoms with E-state index in [4.69, 9.17) is 10.00 Å². The highest BCUT2D eigenvalue weighted by atomic mass is 19.1. The first-order valence-corrected chi connectivity index (χ1v) is 9.65. The van der Waals surface area contributed by atoms with Crippen LogP contribution < -0.4 is 14.5 Å². The Morgan fingerprint density at radius 2 is 1.93 bits per heavy atom. The van der Waals surface area contributed by atoms with Crippen molar-refractivity contribution in [3.05, 3.63) is 54.3 Å². The molecule has 0 atom stereocenters. The van der Waals surface area contributed by atoms with E-state index in [2.05, 4.69) is 9.80 Å². The van der Waals surface area contributed by atoms with Crippen LogP contribution in [0, 0.1) is 17.1 Å². The van der Waals surface area contributed by atoms with Crippen LogP contribution in [0.5, 0.6) is 5.75 Å². The number of nitrogens with zero attached hydrogens (tertiary/aromatic N) is 4. The number of nitriles is 1. The Bertz CT molecular complexity index is 875.